The lowest BCUT2D eigenvalue weighted by Crippen LogP contribution is -2.15. The van der Waals surface area contributed by atoms with E-state index in [0.717, 1.165) is 22.2 Å². The third-order valence-corrected chi connectivity index (χ3v) is 23.8. The van der Waals surface area contributed by atoms with Crippen molar-refractivity contribution < 1.29 is 4.42 Å². The van der Waals surface area contributed by atoms with Crippen molar-refractivity contribution in [2.24, 2.45) is 0 Å². The maximum Gasteiger partial charge on any atom is 0.135 e. The standard InChI is InChI=1S/C20H24N2.2C20H25N.C20H24O.C14H22.C12H20S/c1-19(2,3)13-7-9-15-16-10-8-14(20(4,5)6)12-18(16)22-21-17(15)11-13;1-19(2,3)13-7-9-17-15(11-13)16-12-14(20(4,5)6)8-10-18(16)21-17;1-19(2,3)13-7-9-15-16-10-8-14(20(4,5)6)12-18(16)21-17(15)11-13;1-19(2,3)13-7-9-17-15(11-13)16-12-14(20(4,5)6)8-10-18(16)21-17;1-13(2,3)11-8-7-9-12(10-11)14(4,5)6;1-11(2,3)9-7-8-10(13-9)12(4,5)6/h7-12H,1-6H3;2*7-12,21H,1-6H3;7-12H,1-6H3;7-10H,1-6H3;7-8H,1-6H3. The molecule has 14 rings (SSSR count). The Balaban J connectivity index is 0.000000156. The second-order valence-corrected chi connectivity index (χ2v) is 45.3. The minimum atomic E-state index is 0.126. The summed E-state index contributed by atoms with van der Waals surface area (Å²) in [6, 6.07) is 66.9. The van der Waals surface area contributed by atoms with Crippen LogP contribution in [0.4, 0.5) is 0 Å². The Hall–Kier alpha value is -8.32. The Kier molecular flexibility index (Phi) is 24.6. The normalized spacial score (nSPS) is 13.2. The fraction of sp³-hybridized carbons (Fsp3) is 0.453. The molecule has 5 nitrogen and oxygen atoms in total. The summed E-state index contributed by atoms with van der Waals surface area (Å²) in [4.78, 5) is 10.1. The van der Waals surface area contributed by atoms with Gasteiger partial charge in [-0.05, 0) is 206 Å². The third-order valence-electron chi connectivity index (χ3n) is 21.8. The van der Waals surface area contributed by atoms with Crippen molar-refractivity contribution in [3.05, 3.63) is 247 Å². The number of H-pyrrole nitrogens is 2. The molecule has 0 bridgehead atoms. The fourth-order valence-electron chi connectivity index (χ4n) is 13.7. The second kappa shape index (κ2) is 31.5. The van der Waals surface area contributed by atoms with E-state index < -0.39 is 0 Å². The highest BCUT2D eigenvalue weighted by Gasteiger charge is 2.26. The van der Waals surface area contributed by atoms with Gasteiger partial charge in [0.05, 0.1) is 11.0 Å². The average Bonchev–Trinajstić information content (AvgIpc) is 1.47. The summed E-state index contributed by atoms with van der Waals surface area (Å²) in [5.41, 5.74) is 24.9. The quantitative estimate of drug-likeness (QED) is 0.149. The molecule has 112 heavy (non-hydrogen) atoms. The lowest BCUT2D eigenvalue weighted by Gasteiger charge is -2.24. The smallest absolute Gasteiger partial charge is 0.135 e. The molecule has 5 aromatic heterocycles. The van der Waals surface area contributed by atoms with Crippen LogP contribution in [0.5, 0.6) is 0 Å². The minimum absolute atomic E-state index is 0.126. The molecular formula is C106H140N4OS. The molecule has 0 radical (unpaired) electrons. The molecule has 9 aromatic carbocycles. The number of fused-ring (bicyclic) bond motifs is 12. The number of hydrogen-bond donors (Lipinski definition) is 2. The molecule has 596 valence electrons. The summed E-state index contributed by atoms with van der Waals surface area (Å²) in [6.07, 6.45) is 0. The summed E-state index contributed by atoms with van der Waals surface area (Å²) in [7, 11) is 0. The van der Waals surface area contributed by atoms with Crippen molar-refractivity contribution in [3.8, 4) is 0 Å². The molecule has 0 spiro atoms. The first-order chi connectivity index (χ1) is 51.1. The summed E-state index contributed by atoms with van der Waals surface area (Å²) in [5, 5.41) is 19.0. The topological polar surface area (TPSA) is 70.5 Å². The number of benzene rings is 9. The third kappa shape index (κ3) is 21.4. The molecule has 0 saturated heterocycles. The molecule has 0 fully saturated rings. The molecule has 0 unspecified atom stereocenters. The van der Waals surface area contributed by atoms with Gasteiger partial charge < -0.3 is 14.4 Å². The number of nitrogens with one attached hydrogen (secondary N) is 2. The van der Waals surface area contributed by atoms with Crippen molar-refractivity contribution in [1.29, 1.82) is 0 Å². The maximum atomic E-state index is 5.99. The summed E-state index contributed by atoms with van der Waals surface area (Å²) < 4.78 is 5.99. The van der Waals surface area contributed by atoms with Crippen LogP contribution < -0.4 is 0 Å². The van der Waals surface area contributed by atoms with Gasteiger partial charge in [-0.1, -0.05) is 346 Å². The van der Waals surface area contributed by atoms with Gasteiger partial charge >= 0.3 is 0 Å². The maximum absolute atomic E-state index is 5.99. The Morgan fingerprint density at radius 2 is 0.446 bits per heavy atom. The molecular weight excluding hydrogens is 1380 g/mol. The molecule has 0 aliphatic heterocycles. The van der Waals surface area contributed by atoms with E-state index in [1.54, 1.807) is 0 Å². The molecule has 6 heteroatoms. The van der Waals surface area contributed by atoms with Gasteiger partial charge in [-0.3, -0.25) is 0 Å². The molecule has 0 aliphatic carbocycles. The van der Waals surface area contributed by atoms with Crippen LogP contribution >= 0.6 is 11.3 Å². The van der Waals surface area contributed by atoms with E-state index >= 15 is 0 Å². The zero-order chi connectivity index (χ0) is 83.6. The molecule has 0 amide bonds. The monoisotopic (exact) mass is 1520 g/mol. The molecule has 5 heterocycles. The summed E-state index contributed by atoms with van der Waals surface area (Å²) in [6.45, 7) is 81.1. The van der Waals surface area contributed by atoms with E-state index in [2.05, 4.69) is 451 Å². The van der Waals surface area contributed by atoms with Crippen LogP contribution in [0, 0.1) is 0 Å². The fourth-order valence-corrected chi connectivity index (χ4v) is 14.8. The van der Waals surface area contributed by atoms with Crippen LogP contribution in [0.2, 0.25) is 0 Å². The van der Waals surface area contributed by atoms with Crippen molar-refractivity contribution >= 4 is 98.7 Å². The first-order valence-corrected chi connectivity index (χ1v) is 41.9. The van der Waals surface area contributed by atoms with Crippen LogP contribution in [-0.4, -0.2) is 20.2 Å². The largest absolute Gasteiger partial charge is 0.456 e. The predicted molar refractivity (Wildman–Crippen MR) is 498 cm³/mol. The van der Waals surface area contributed by atoms with Gasteiger partial charge in [0, 0.05) is 74.9 Å². The van der Waals surface area contributed by atoms with Crippen LogP contribution in [0.1, 0.15) is 315 Å². The molecule has 0 saturated carbocycles. The Morgan fingerprint density at radius 3 is 0.732 bits per heavy atom. The van der Waals surface area contributed by atoms with E-state index in [1.165, 1.54) is 131 Å². The van der Waals surface area contributed by atoms with Crippen LogP contribution in [-0.2, 0) is 65.0 Å². The number of aromatic nitrogens is 4. The number of aromatic amines is 2. The number of thiophene rings is 1. The van der Waals surface area contributed by atoms with Gasteiger partial charge in [0.2, 0.25) is 0 Å². The molecule has 0 aliphatic rings. The van der Waals surface area contributed by atoms with Crippen LogP contribution in [0.3, 0.4) is 0 Å². The molecule has 2 N–H and O–H groups in total. The average molecular weight is 1520 g/mol. The van der Waals surface area contributed by atoms with Gasteiger partial charge in [-0.15, -0.1) is 21.5 Å². The van der Waals surface area contributed by atoms with Crippen molar-refractivity contribution in [3.63, 3.8) is 0 Å². The zero-order valence-corrected chi connectivity index (χ0v) is 76.8. The Morgan fingerprint density at radius 1 is 0.205 bits per heavy atom. The highest BCUT2D eigenvalue weighted by atomic mass is 32.1. The van der Waals surface area contributed by atoms with E-state index in [1.807, 2.05) is 11.3 Å². The zero-order valence-electron chi connectivity index (χ0n) is 76.0. The SMILES string of the molecule is CC(C)(C)c1ccc(C(C)(C)C)s1.CC(C)(C)c1ccc2[nH]c3ccc(C(C)(C)C)cc3c2c1.CC(C)(C)c1ccc2c(c1)[nH]c1cc(C(C)(C)C)ccc12.CC(C)(C)c1ccc2c(c1)nnc1cc(C(C)(C)C)ccc12.CC(C)(C)c1ccc2oc3ccc(C(C)(C)C)cc3c2c1.CC(C)(C)c1cccc(C(C)(C)C)c1. The summed E-state index contributed by atoms with van der Waals surface area (Å²) >= 11 is 1.95. The van der Waals surface area contributed by atoms with Crippen molar-refractivity contribution in [2.75, 3.05) is 0 Å². The molecule has 14 aromatic rings. The minimum Gasteiger partial charge on any atom is -0.456 e. The van der Waals surface area contributed by atoms with Gasteiger partial charge in [0.25, 0.3) is 0 Å². The van der Waals surface area contributed by atoms with Gasteiger partial charge in [-0.2, -0.15) is 0 Å². The first kappa shape index (κ1) is 87.6. The van der Waals surface area contributed by atoms with Crippen LogP contribution in [0.25, 0.3) is 87.4 Å². The van der Waals surface area contributed by atoms with E-state index in [-0.39, 0.29) is 54.1 Å². The number of rotatable bonds is 0. The van der Waals surface area contributed by atoms with E-state index in [4.69, 9.17) is 4.42 Å². The first-order valence-electron chi connectivity index (χ1n) is 41.1. The van der Waals surface area contributed by atoms with E-state index in [0.29, 0.717) is 10.8 Å². The lowest BCUT2D eigenvalue weighted by molar-refractivity contribution is 0.568. The number of furan rings is 1. The highest BCUT2D eigenvalue weighted by Crippen LogP contribution is 2.41. The van der Waals surface area contributed by atoms with Gasteiger partial charge in [0.15, 0.2) is 0 Å². The number of nitrogens with zero attached hydrogens (tertiary/aromatic N) is 2. The van der Waals surface area contributed by atoms with Crippen molar-refractivity contribution in [2.45, 2.75) is 314 Å². The number of hydrogen-bond acceptors (Lipinski definition) is 4. The Bertz CT molecular complexity index is 5150. The second-order valence-electron chi connectivity index (χ2n) is 44.2. The van der Waals surface area contributed by atoms with Crippen LogP contribution in [0.15, 0.2) is 186 Å². The van der Waals surface area contributed by atoms with Gasteiger partial charge in [-0.25, -0.2) is 0 Å². The highest BCUT2D eigenvalue weighted by molar-refractivity contribution is 7.12. The summed E-state index contributed by atoms with van der Waals surface area (Å²) in [5.74, 6) is 0. The lowest BCUT2D eigenvalue weighted by atomic mass is 9.81. The predicted octanol–water partition coefficient (Wildman–Crippen LogP) is 32.0. The van der Waals surface area contributed by atoms with Gasteiger partial charge in [0.1, 0.15) is 11.2 Å². The van der Waals surface area contributed by atoms with Crippen molar-refractivity contribution in [1.82, 2.24) is 20.2 Å². The van der Waals surface area contributed by atoms with E-state index in [9.17, 15) is 0 Å². The molecule has 0 atom stereocenters. The Labute approximate surface area is 680 Å².